The number of hydrogen-bond donors (Lipinski definition) is 0. The summed E-state index contributed by atoms with van der Waals surface area (Å²) in [5.74, 6) is 1.56. The lowest BCUT2D eigenvalue weighted by Crippen LogP contribution is -2.05. The third kappa shape index (κ3) is 3.98. The maximum atomic E-state index is 5.49. The van der Waals surface area contributed by atoms with Gasteiger partial charge in [-0.1, -0.05) is 0 Å². The van der Waals surface area contributed by atoms with Crippen molar-refractivity contribution in [3.63, 3.8) is 0 Å². The molecular formula is C11H13Br3O5. The molecule has 0 saturated heterocycles. The van der Waals surface area contributed by atoms with Crippen LogP contribution in [0.5, 0.6) is 17.2 Å². The highest BCUT2D eigenvalue weighted by atomic mass is 79.9. The second-order valence-corrected chi connectivity index (χ2v) is 5.61. The van der Waals surface area contributed by atoms with E-state index >= 15 is 0 Å². The zero-order valence-corrected chi connectivity index (χ0v) is 15.3. The molecule has 1 aromatic carbocycles. The Morgan fingerprint density at radius 3 is 1.63 bits per heavy atom. The Morgan fingerprint density at radius 2 is 1.16 bits per heavy atom. The summed E-state index contributed by atoms with van der Waals surface area (Å²) in [4.78, 5) is 0. The van der Waals surface area contributed by atoms with E-state index in [1.54, 1.807) is 21.3 Å². The summed E-state index contributed by atoms with van der Waals surface area (Å²) in [6.45, 7) is 0.219. The maximum Gasteiger partial charge on any atom is 0.188 e. The normalized spacial score (nSPS) is 10.4. The van der Waals surface area contributed by atoms with Gasteiger partial charge < -0.3 is 23.7 Å². The standard InChI is InChI=1S/C11H13Br3O5/c1-15-4-18-9-6(12)7(13)11(19-5-16-2)10(17-3)8(9)14/h4-5H2,1-3H3. The highest BCUT2D eigenvalue weighted by Crippen LogP contribution is 2.52. The van der Waals surface area contributed by atoms with Gasteiger partial charge in [0.1, 0.15) is 4.47 Å². The number of ether oxygens (including phenoxy) is 5. The average Bonchev–Trinajstić information content (AvgIpc) is 2.41. The molecule has 0 heterocycles. The molecule has 1 aromatic rings. The number of halogens is 3. The van der Waals surface area contributed by atoms with Gasteiger partial charge in [-0.25, -0.2) is 0 Å². The quantitative estimate of drug-likeness (QED) is 0.451. The summed E-state index contributed by atoms with van der Waals surface area (Å²) in [6, 6.07) is 0. The van der Waals surface area contributed by atoms with Crippen molar-refractivity contribution in [3.05, 3.63) is 13.4 Å². The molecule has 8 heteroatoms. The Kier molecular flexibility index (Phi) is 7.45. The van der Waals surface area contributed by atoms with Crippen LogP contribution in [0.15, 0.2) is 13.4 Å². The summed E-state index contributed by atoms with van der Waals surface area (Å²) in [7, 11) is 4.63. The van der Waals surface area contributed by atoms with E-state index in [9.17, 15) is 0 Å². The molecule has 0 aliphatic carbocycles. The zero-order valence-electron chi connectivity index (χ0n) is 10.6. The molecule has 0 unspecified atom stereocenters. The molecule has 0 aromatic heterocycles. The third-order valence-corrected chi connectivity index (χ3v) is 4.81. The third-order valence-electron chi connectivity index (χ3n) is 2.04. The van der Waals surface area contributed by atoms with E-state index in [4.69, 9.17) is 23.7 Å². The van der Waals surface area contributed by atoms with Gasteiger partial charge in [-0.05, 0) is 47.8 Å². The predicted octanol–water partition coefficient (Wildman–Crippen LogP) is 3.95. The first-order chi connectivity index (χ1) is 9.08. The molecule has 0 radical (unpaired) electrons. The minimum absolute atomic E-state index is 0.103. The minimum Gasteiger partial charge on any atom is -0.492 e. The lowest BCUT2D eigenvalue weighted by atomic mass is 10.3. The van der Waals surface area contributed by atoms with Gasteiger partial charge in [-0.15, -0.1) is 0 Å². The first-order valence-corrected chi connectivity index (χ1v) is 7.44. The molecule has 0 aliphatic rings. The van der Waals surface area contributed by atoms with E-state index < -0.39 is 0 Å². The summed E-state index contributed by atoms with van der Waals surface area (Å²) < 4.78 is 28.1. The molecule has 0 fully saturated rings. The highest BCUT2D eigenvalue weighted by Gasteiger charge is 2.23. The molecule has 0 atom stereocenters. The van der Waals surface area contributed by atoms with E-state index in [0.29, 0.717) is 30.7 Å². The molecular weight excluding hydrogens is 452 g/mol. The molecule has 0 bridgehead atoms. The van der Waals surface area contributed by atoms with Crippen LogP contribution in [-0.4, -0.2) is 34.9 Å². The van der Waals surface area contributed by atoms with Crippen LogP contribution in [0, 0.1) is 0 Å². The molecule has 108 valence electrons. The van der Waals surface area contributed by atoms with E-state index in [-0.39, 0.29) is 13.6 Å². The lowest BCUT2D eigenvalue weighted by molar-refractivity contribution is 0.0452. The van der Waals surface area contributed by atoms with Gasteiger partial charge >= 0.3 is 0 Å². The Bertz CT molecular complexity index is 439. The van der Waals surface area contributed by atoms with Crippen molar-refractivity contribution in [1.82, 2.24) is 0 Å². The maximum absolute atomic E-state index is 5.49. The van der Waals surface area contributed by atoms with Gasteiger partial charge in [0.25, 0.3) is 0 Å². The van der Waals surface area contributed by atoms with Crippen molar-refractivity contribution in [2.45, 2.75) is 0 Å². The predicted molar refractivity (Wildman–Crippen MR) is 81.1 cm³/mol. The second kappa shape index (κ2) is 8.31. The largest absolute Gasteiger partial charge is 0.492 e. The Balaban J connectivity index is 3.27. The molecule has 0 amide bonds. The number of methoxy groups -OCH3 is 3. The van der Waals surface area contributed by atoms with E-state index in [1.807, 2.05) is 0 Å². The van der Waals surface area contributed by atoms with Crippen molar-refractivity contribution in [3.8, 4) is 17.2 Å². The first kappa shape index (κ1) is 17.0. The van der Waals surface area contributed by atoms with Crippen molar-refractivity contribution >= 4 is 47.8 Å². The van der Waals surface area contributed by atoms with Gasteiger partial charge in [0, 0.05) is 14.2 Å². The van der Waals surface area contributed by atoms with E-state index in [2.05, 4.69) is 47.8 Å². The van der Waals surface area contributed by atoms with Crippen LogP contribution in [0.3, 0.4) is 0 Å². The van der Waals surface area contributed by atoms with Gasteiger partial charge in [0.05, 0.1) is 16.1 Å². The smallest absolute Gasteiger partial charge is 0.188 e. The van der Waals surface area contributed by atoms with Crippen molar-refractivity contribution in [2.24, 2.45) is 0 Å². The average molecular weight is 465 g/mol. The Morgan fingerprint density at radius 1 is 0.684 bits per heavy atom. The fourth-order valence-electron chi connectivity index (χ4n) is 1.27. The zero-order chi connectivity index (χ0) is 14.4. The van der Waals surface area contributed by atoms with Crippen LogP contribution in [0.25, 0.3) is 0 Å². The van der Waals surface area contributed by atoms with Gasteiger partial charge in [-0.2, -0.15) is 0 Å². The molecule has 1 rings (SSSR count). The number of rotatable bonds is 7. The highest BCUT2D eigenvalue weighted by molar-refractivity contribution is 9.13. The Hall–Kier alpha value is -0.0200. The summed E-state index contributed by atoms with van der Waals surface area (Å²) >= 11 is 10.3. The number of hydrogen-bond acceptors (Lipinski definition) is 5. The molecule has 0 aliphatic heterocycles. The van der Waals surface area contributed by atoms with Crippen LogP contribution in [0.1, 0.15) is 0 Å². The molecule has 19 heavy (non-hydrogen) atoms. The van der Waals surface area contributed by atoms with Gasteiger partial charge in [-0.3, -0.25) is 0 Å². The van der Waals surface area contributed by atoms with Gasteiger partial charge in [0.15, 0.2) is 30.8 Å². The summed E-state index contributed by atoms with van der Waals surface area (Å²) in [5.41, 5.74) is 0. The van der Waals surface area contributed by atoms with Crippen LogP contribution in [0.2, 0.25) is 0 Å². The number of benzene rings is 1. The Labute approximate surface area is 136 Å². The van der Waals surface area contributed by atoms with Crippen molar-refractivity contribution < 1.29 is 23.7 Å². The van der Waals surface area contributed by atoms with Crippen molar-refractivity contribution in [1.29, 1.82) is 0 Å². The lowest BCUT2D eigenvalue weighted by Gasteiger charge is -2.18. The van der Waals surface area contributed by atoms with E-state index in [0.717, 1.165) is 0 Å². The van der Waals surface area contributed by atoms with Crippen LogP contribution in [0.4, 0.5) is 0 Å². The fraction of sp³-hybridized carbons (Fsp3) is 0.455. The SMILES string of the molecule is COCOc1c(Br)c(Br)c(OCOC)c(OC)c1Br. The topological polar surface area (TPSA) is 46.2 Å². The fourth-order valence-corrected chi connectivity index (χ4v) is 3.16. The molecule has 0 N–H and O–H groups in total. The van der Waals surface area contributed by atoms with Crippen LogP contribution in [-0.2, 0) is 9.47 Å². The minimum atomic E-state index is 0.103. The van der Waals surface area contributed by atoms with Crippen LogP contribution < -0.4 is 14.2 Å². The second-order valence-electron chi connectivity index (χ2n) is 3.24. The van der Waals surface area contributed by atoms with Gasteiger partial charge in [0.2, 0.25) is 0 Å². The van der Waals surface area contributed by atoms with Crippen molar-refractivity contribution in [2.75, 3.05) is 34.9 Å². The van der Waals surface area contributed by atoms with Crippen LogP contribution >= 0.6 is 47.8 Å². The summed E-state index contributed by atoms with van der Waals surface area (Å²) in [6.07, 6.45) is 0. The monoisotopic (exact) mass is 462 g/mol. The van der Waals surface area contributed by atoms with E-state index in [1.165, 1.54) is 0 Å². The summed E-state index contributed by atoms with van der Waals surface area (Å²) in [5, 5.41) is 0. The molecule has 0 saturated carbocycles. The molecule has 5 nitrogen and oxygen atoms in total. The molecule has 0 spiro atoms. The first-order valence-electron chi connectivity index (χ1n) is 5.06.